The summed E-state index contributed by atoms with van der Waals surface area (Å²) < 4.78 is 2.16. The number of fused-ring (bicyclic) bond motifs is 1. The van der Waals surface area contributed by atoms with E-state index in [9.17, 15) is 4.79 Å². The lowest BCUT2D eigenvalue weighted by Gasteiger charge is -2.20. The van der Waals surface area contributed by atoms with Crippen molar-refractivity contribution in [3.63, 3.8) is 0 Å². The van der Waals surface area contributed by atoms with Crippen LogP contribution in [-0.2, 0) is 0 Å². The molecule has 0 bridgehead atoms. The van der Waals surface area contributed by atoms with Crippen molar-refractivity contribution in [2.24, 2.45) is 5.92 Å². The quantitative estimate of drug-likeness (QED) is 0.716. The standard InChI is InChI=1S/C15H15NO/c1-10-3-4-11(2)14(9-10)16-8-7-12-13(16)5-6-15(12)17/h3-8,10H,9H2,1-2H3. The van der Waals surface area contributed by atoms with Crippen LogP contribution < -0.4 is 0 Å². The molecule has 0 amide bonds. The summed E-state index contributed by atoms with van der Waals surface area (Å²) in [5.41, 5.74) is 4.45. The predicted molar refractivity (Wildman–Crippen MR) is 69.6 cm³/mol. The molecule has 2 nitrogen and oxygen atoms in total. The van der Waals surface area contributed by atoms with Crippen molar-refractivity contribution in [2.75, 3.05) is 0 Å². The van der Waals surface area contributed by atoms with Crippen molar-refractivity contribution in [3.05, 3.63) is 47.3 Å². The van der Waals surface area contributed by atoms with Crippen molar-refractivity contribution in [1.29, 1.82) is 0 Å². The minimum Gasteiger partial charge on any atom is -0.320 e. The van der Waals surface area contributed by atoms with Crippen LogP contribution in [0.5, 0.6) is 0 Å². The topological polar surface area (TPSA) is 22.0 Å². The molecule has 0 saturated carbocycles. The highest BCUT2D eigenvalue weighted by molar-refractivity contribution is 6.13. The molecule has 2 heteroatoms. The first-order valence-electron chi connectivity index (χ1n) is 5.99. The van der Waals surface area contributed by atoms with Crippen molar-refractivity contribution < 1.29 is 4.79 Å². The number of ketones is 1. The first-order valence-corrected chi connectivity index (χ1v) is 5.99. The average molecular weight is 225 g/mol. The maximum atomic E-state index is 11.6. The minimum atomic E-state index is 0.122. The van der Waals surface area contributed by atoms with E-state index in [1.807, 2.05) is 18.3 Å². The van der Waals surface area contributed by atoms with Crippen LogP contribution in [0.4, 0.5) is 0 Å². The van der Waals surface area contributed by atoms with E-state index >= 15 is 0 Å². The summed E-state index contributed by atoms with van der Waals surface area (Å²) >= 11 is 0. The van der Waals surface area contributed by atoms with Crippen LogP contribution in [0.3, 0.4) is 0 Å². The zero-order chi connectivity index (χ0) is 12.0. The van der Waals surface area contributed by atoms with E-state index in [1.165, 1.54) is 11.3 Å². The Bertz CT molecular complexity index is 584. The lowest BCUT2D eigenvalue weighted by Crippen LogP contribution is -2.07. The van der Waals surface area contributed by atoms with Crippen LogP contribution in [0.1, 0.15) is 36.3 Å². The summed E-state index contributed by atoms with van der Waals surface area (Å²) in [6.07, 6.45) is 11.0. The van der Waals surface area contributed by atoms with E-state index in [-0.39, 0.29) is 5.78 Å². The van der Waals surface area contributed by atoms with E-state index in [0.717, 1.165) is 17.7 Å². The third-order valence-electron chi connectivity index (χ3n) is 3.52. The minimum absolute atomic E-state index is 0.122. The molecule has 1 atom stereocenters. The number of nitrogens with zero attached hydrogens (tertiary/aromatic N) is 1. The second kappa shape index (κ2) is 3.59. The fourth-order valence-electron chi connectivity index (χ4n) is 2.53. The molecule has 17 heavy (non-hydrogen) atoms. The van der Waals surface area contributed by atoms with Crippen LogP contribution in [0, 0.1) is 5.92 Å². The summed E-state index contributed by atoms with van der Waals surface area (Å²) in [6.45, 7) is 4.35. The SMILES string of the molecule is CC1=C(n2ccc3c2C=CC3=O)CC(C)C=C1. The Labute approximate surface area is 101 Å². The van der Waals surface area contributed by atoms with Gasteiger partial charge in [0.05, 0.1) is 5.69 Å². The molecule has 0 saturated heterocycles. The van der Waals surface area contributed by atoms with E-state index in [2.05, 4.69) is 30.6 Å². The van der Waals surface area contributed by atoms with Gasteiger partial charge in [-0.25, -0.2) is 0 Å². The average Bonchev–Trinajstić information content (AvgIpc) is 2.86. The van der Waals surface area contributed by atoms with Crippen LogP contribution >= 0.6 is 0 Å². The van der Waals surface area contributed by atoms with Crippen LogP contribution in [-0.4, -0.2) is 10.4 Å². The second-order valence-corrected chi connectivity index (χ2v) is 4.85. The third-order valence-corrected chi connectivity index (χ3v) is 3.52. The molecule has 2 aliphatic carbocycles. The molecule has 1 aromatic rings. The molecule has 0 spiro atoms. The largest absolute Gasteiger partial charge is 0.320 e. The van der Waals surface area contributed by atoms with Gasteiger partial charge in [0.1, 0.15) is 0 Å². The van der Waals surface area contributed by atoms with Crippen LogP contribution in [0.15, 0.2) is 36.1 Å². The molecular formula is C15H15NO. The Balaban J connectivity index is 2.12. The van der Waals surface area contributed by atoms with Gasteiger partial charge in [-0.1, -0.05) is 19.1 Å². The second-order valence-electron chi connectivity index (χ2n) is 4.85. The Morgan fingerprint density at radius 2 is 2.12 bits per heavy atom. The molecule has 86 valence electrons. The summed E-state index contributed by atoms with van der Waals surface area (Å²) in [7, 11) is 0. The molecule has 0 aromatic carbocycles. The van der Waals surface area contributed by atoms with E-state index in [0.29, 0.717) is 5.92 Å². The Morgan fingerprint density at radius 3 is 2.94 bits per heavy atom. The number of hydrogen-bond donors (Lipinski definition) is 0. The van der Waals surface area contributed by atoms with Crippen molar-refractivity contribution >= 4 is 17.6 Å². The fraction of sp³-hybridized carbons (Fsp3) is 0.267. The van der Waals surface area contributed by atoms with Gasteiger partial charge in [-0.3, -0.25) is 4.79 Å². The summed E-state index contributed by atoms with van der Waals surface area (Å²) in [5.74, 6) is 0.684. The zero-order valence-corrected chi connectivity index (χ0v) is 10.1. The lowest BCUT2D eigenvalue weighted by molar-refractivity contribution is 0.105. The molecule has 0 aliphatic heterocycles. The van der Waals surface area contributed by atoms with Crippen LogP contribution in [0.25, 0.3) is 11.8 Å². The van der Waals surface area contributed by atoms with Gasteiger partial charge in [0.25, 0.3) is 0 Å². The monoisotopic (exact) mass is 225 g/mol. The number of aromatic nitrogens is 1. The maximum Gasteiger partial charge on any atom is 0.188 e. The Hall–Kier alpha value is -1.83. The highest BCUT2D eigenvalue weighted by Gasteiger charge is 2.21. The van der Waals surface area contributed by atoms with E-state index in [4.69, 9.17) is 0 Å². The maximum absolute atomic E-state index is 11.6. The number of rotatable bonds is 1. The summed E-state index contributed by atoms with van der Waals surface area (Å²) in [6, 6.07) is 1.92. The summed E-state index contributed by atoms with van der Waals surface area (Å²) in [4.78, 5) is 11.6. The number of hydrogen-bond acceptors (Lipinski definition) is 1. The Morgan fingerprint density at radius 1 is 1.29 bits per heavy atom. The van der Waals surface area contributed by atoms with Crippen molar-refractivity contribution in [1.82, 2.24) is 4.57 Å². The molecule has 1 aromatic heterocycles. The predicted octanol–water partition coefficient (Wildman–Crippen LogP) is 3.52. The molecule has 1 unspecified atom stereocenters. The van der Waals surface area contributed by atoms with Gasteiger partial charge in [0.2, 0.25) is 0 Å². The molecule has 3 rings (SSSR count). The first kappa shape index (κ1) is 10.3. The normalized spacial score (nSPS) is 22.5. The van der Waals surface area contributed by atoms with Gasteiger partial charge in [-0.2, -0.15) is 0 Å². The zero-order valence-electron chi connectivity index (χ0n) is 10.1. The molecule has 0 radical (unpaired) electrons. The number of allylic oxidation sites excluding steroid dienone is 5. The third kappa shape index (κ3) is 1.52. The molecule has 0 N–H and O–H groups in total. The molecule has 2 aliphatic rings. The molecule has 0 fully saturated rings. The molecular weight excluding hydrogens is 210 g/mol. The van der Waals surface area contributed by atoms with Gasteiger partial charge in [0.15, 0.2) is 5.78 Å². The van der Waals surface area contributed by atoms with Crippen molar-refractivity contribution in [2.45, 2.75) is 20.3 Å². The van der Waals surface area contributed by atoms with Crippen molar-refractivity contribution in [3.8, 4) is 0 Å². The van der Waals surface area contributed by atoms with Gasteiger partial charge in [-0.15, -0.1) is 0 Å². The highest BCUT2D eigenvalue weighted by atomic mass is 16.1. The Kier molecular flexibility index (Phi) is 2.18. The van der Waals surface area contributed by atoms with Gasteiger partial charge in [-0.05, 0) is 43.1 Å². The lowest BCUT2D eigenvalue weighted by atomic mass is 9.95. The summed E-state index contributed by atoms with van der Waals surface area (Å²) in [5, 5.41) is 0. The molecule has 1 heterocycles. The van der Waals surface area contributed by atoms with Gasteiger partial charge in [0, 0.05) is 17.5 Å². The van der Waals surface area contributed by atoms with Gasteiger partial charge >= 0.3 is 0 Å². The van der Waals surface area contributed by atoms with E-state index < -0.39 is 0 Å². The first-order chi connectivity index (χ1) is 8.16. The highest BCUT2D eigenvalue weighted by Crippen LogP contribution is 2.31. The fourth-order valence-corrected chi connectivity index (χ4v) is 2.53. The number of carbonyl (C=O) groups excluding carboxylic acids is 1. The van der Waals surface area contributed by atoms with E-state index in [1.54, 1.807) is 6.08 Å². The number of carbonyl (C=O) groups is 1. The van der Waals surface area contributed by atoms with Gasteiger partial charge < -0.3 is 4.57 Å². The smallest absolute Gasteiger partial charge is 0.188 e. The van der Waals surface area contributed by atoms with Crippen LogP contribution in [0.2, 0.25) is 0 Å².